The molecule has 29 heavy (non-hydrogen) atoms. The average Bonchev–Trinajstić information content (AvgIpc) is 2.79. The van der Waals surface area contributed by atoms with Crippen molar-refractivity contribution in [2.45, 2.75) is 25.4 Å². The summed E-state index contributed by atoms with van der Waals surface area (Å²) in [4.78, 5) is 28.9. The predicted molar refractivity (Wildman–Crippen MR) is 109 cm³/mol. The summed E-state index contributed by atoms with van der Waals surface area (Å²) in [5.41, 5.74) is 2.63. The highest BCUT2D eigenvalue weighted by Crippen LogP contribution is 2.30. The zero-order chi connectivity index (χ0) is 20.6. The maximum atomic E-state index is 13.0. The number of ether oxygens (including phenoxy) is 2. The Kier molecular flexibility index (Phi) is 6.74. The molecular weight excluding hydrogens is 366 g/mol. The van der Waals surface area contributed by atoms with E-state index in [1.54, 1.807) is 18.3 Å². The topological polar surface area (TPSA) is 65.5 Å². The third-order valence-corrected chi connectivity index (χ3v) is 4.71. The molecule has 0 aliphatic carbocycles. The summed E-state index contributed by atoms with van der Waals surface area (Å²) in [6.07, 6.45) is 1.55. The maximum absolute atomic E-state index is 13.0. The number of aromatic nitrogens is 1. The van der Waals surface area contributed by atoms with E-state index in [0.717, 1.165) is 11.1 Å². The molecule has 1 heterocycles. The zero-order valence-electron chi connectivity index (χ0n) is 16.4. The number of methoxy groups -OCH3 is 1. The van der Waals surface area contributed by atoms with Crippen LogP contribution in [0.25, 0.3) is 0 Å². The van der Waals surface area contributed by atoms with E-state index in [1.807, 2.05) is 67.6 Å². The molecule has 0 bridgehead atoms. The summed E-state index contributed by atoms with van der Waals surface area (Å²) in [6, 6.07) is 22.4. The predicted octanol–water partition coefficient (Wildman–Crippen LogP) is 4.69. The first-order valence-corrected chi connectivity index (χ1v) is 9.48. The molecule has 0 saturated heterocycles. The number of nitrogens with zero attached hydrogens (tertiary/aromatic N) is 1. The van der Waals surface area contributed by atoms with Gasteiger partial charge in [0, 0.05) is 11.8 Å². The van der Waals surface area contributed by atoms with Gasteiger partial charge in [0.2, 0.25) is 0 Å². The molecule has 2 atom stereocenters. The summed E-state index contributed by atoms with van der Waals surface area (Å²) in [6.45, 7) is 1.96. The molecule has 2 aromatic carbocycles. The highest BCUT2D eigenvalue weighted by atomic mass is 16.5. The van der Waals surface area contributed by atoms with E-state index in [1.165, 1.54) is 7.11 Å². The zero-order valence-corrected chi connectivity index (χ0v) is 16.4. The van der Waals surface area contributed by atoms with E-state index < -0.39 is 12.1 Å². The van der Waals surface area contributed by atoms with Crippen molar-refractivity contribution in [2.24, 2.45) is 0 Å². The van der Waals surface area contributed by atoms with Crippen LogP contribution in [0.3, 0.4) is 0 Å². The van der Waals surface area contributed by atoms with Crippen LogP contribution in [0, 0.1) is 0 Å². The Labute approximate surface area is 170 Å². The third kappa shape index (κ3) is 4.88. The molecular formula is C24H23NO4. The van der Waals surface area contributed by atoms with Gasteiger partial charge in [-0.3, -0.25) is 4.79 Å². The molecule has 1 aromatic heterocycles. The molecule has 3 aromatic rings. The van der Waals surface area contributed by atoms with E-state index in [2.05, 4.69) is 4.98 Å². The van der Waals surface area contributed by atoms with Gasteiger partial charge < -0.3 is 9.47 Å². The Morgan fingerprint density at radius 3 is 2.00 bits per heavy atom. The molecule has 0 N–H and O–H groups in total. The minimum absolute atomic E-state index is 0.199. The SMILES string of the molecule is CC[C@@H](C(=O)O[C@H](c1ccccc1)c1ccc(C(=O)OC)nc1)c1ccccc1. The fraction of sp³-hybridized carbons (Fsp3) is 0.208. The van der Waals surface area contributed by atoms with Gasteiger partial charge in [-0.25, -0.2) is 9.78 Å². The van der Waals surface area contributed by atoms with Gasteiger partial charge in [-0.2, -0.15) is 0 Å². The molecule has 0 amide bonds. The number of benzene rings is 2. The second-order valence-corrected chi connectivity index (χ2v) is 6.57. The summed E-state index contributed by atoms with van der Waals surface area (Å²) in [5.74, 6) is -1.17. The first kappa shape index (κ1) is 20.3. The molecule has 0 fully saturated rings. The summed E-state index contributed by atoms with van der Waals surface area (Å²) in [5, 5.41) is 0. The lowest BCUT2D eigenvalue weighted by Crippen LogP contribution is -2.19. The van der Waals surface area contributed by atoms with Crippen molar-refractivity contribution in [3.63, 3.8) is 0 Å². The van der Waals surface area contributed by atoms with E-state index in [0.29, 0.717) is 12.0 Å². The number of hydrogen-bond acceptors (Lipinski definition) is 5. The molecule has 5 nitrogen and oxygen atoms in total. The highest BCUT2D eigenvalue weighted by molar-refractivity contribution is 5.87. The Hall–Kier alpha value is -3.47. The number of carbonyl (C=O) groups excluding carboxylic acids is 2. The molecule has 3 rings (SSSR count). The van der Waals surface area contributed by atoms with E-state index in [9.17, 15) is 9.59 Å². The van der Waals surface area contributed by atoms with Crippen molar-refractivity contribution in [2.75, 3.05) is 7.11 Å². The van der Waals surface area contributed by atoms with Gasteiger partial charge in [0.1, 0.15) is 5.69 Å². The number of hydrogen-bond donors (Lipinski definition) is 0. The van der Waals surface area contributed by atoms with E-state index >= 15 is 0 Å². The summed E-state index contributed by atoms with van der Waals surface area (Å²) in [7, 11) is 1.31. The molecule has 5 heteroatoms. The molecule has 0 unspecified atom stereocenters. The van der Waals surface area contributed by atoms with Gasteiger partial charge >= 0.3 is 11.9 Å². The third-order valence-electron chi connectivity index (χ3n) is 4.71. The number of rotatable bonds is 7. The quantitative estimate of drug-likeness (QED) is 0.548. The van der Waals surface area contributed by atoms with Crippen LogP contribution in [-0.4, -0.2) is 24.0 Å². The standard InChI is InChI=1S/C24H23NO4/c1-3-20(17-10-6-4-7-11-17)23(26)29-22(18-12-8-5-9-13-18)19-14-15-21(25-16-19)24(27)28-2/h4-16,20,22H,3H2,1-2H3/t20-,22-/m1/s1. The average molecular weight is 389 g/mol. The number of carbonyl (C=O) groups is 2. The molecule has 0 radical (unpaired) electrons. The normalized spacial score (nSPS) is 12.6. The lowest BCUT2D eigenvalue weighted by Gasteiger charge is -2.22. The van der Waals surface area contributed by atoms with Gasteiger partial charge in [0.25, 0.3) is 0 Å². The minimum Gasteiger partial charge on any atom is -0.464 e. The van der Waals surface area contributed by atoms with Gasteiger partial charge in [0.15, 0.2) is 6.10 Å². The monoisotopic (exact) mass is 389 g/mol. The van der Waals surface area contributed by atoms with Crippen LogP contribution in [0.5, 0.6) is 0 Å². The van der Waals surface area contributed by atoms with Crippen LogP contribution in [-0.2, 0) is 14.3 Å². The smallest absolute Gasteiger partial charge is 0.356 e. The Morgan fingerprint density at radius 2 is 1.48 bits per heavy atom. The van der Waals surface area contributed by atoms with Gasteiger partial charge in [-0.15, -0.1) is 0 Å². The van der Waals surface area contributed by atoms with Crippen molar-refractivity contribution < 1.29 is 19.1 Å². The maximum Gasteiger partial charge on any atom is 0.356 e. The first-order chi connectivity index (χ1) is 14.1. The largest absolute Gasteiger partial charge is 0.464 e. The second-order valence-electron chi connectivity index (χ2n) is 6.57. The van der Waals surface area contributed by atoms with Crippen molar-refractivity contribution in [1.29, 1.82) is 0 Å². The summed E-state index contributed by atoms with van der Waals surface area (Å²) < 4.78 is 10.7. The second kappa shape index (κ2) is 9.64. The van der Waals surface area contributed by atoms with Crippen LogP contribution >= 0.6 is 0 Å². The fourth-order valence-corrected chi connectivity index (χ4v) is 3.16. The van der Waals surface area contributed by atoms with Crippen molar-refractivity contribution in [1.82, 2.24) is 4.98 Å². The number of esters is 2. The summed E-state index contributed by atoms with van der Waals surface area (Å²) >= 11 is 0. The van der Waals surface area contributed by atoms with Crippen molar-refractivity contribution in [3.8, 4) is 0 Å². The Morgan fingerprint density at radius 1 is 0.862 bits per heavy atom. The van der Waals surface area contributed by atoms with Gasteiger partial charge in [-0.05, 0) is 23.6 Å². The van der Waals surface area contributed by atoms with E-state index in [-0.39, 0.29) is 17.6 Å². The van der Waals surface area contributed by atoms with Crippen LogP contribution in [0.15, 0.2) is 79.0 Å². The Balaban J connectivity index is 1.90. The first-order valence-electron chi connectivity index (χ1n) is 9.48. The fourth-order valence-electron chi connectivity index (χ4n) is 3.16. The van der Waals surface area contributed by atoms with Gasteiger partial charge in [0.05, 0.1) is 13.0 Å². The molecule has 0 saturated carbocycles. The van der Waals surface area contributed by atoms with Crippen molar-refractivity contribution >= 4 is 11.9 Å². The van der Waals surface area contributed by atoms with E-state index in [4.69, 9.17) is 9.47 Å². The molecule has 0 spiro atoms. The Bertz CT molecular complexity index is 940. The van der Waals surface area contributed by atoms with Gasteiger partial charge in [-0.1, -0.05) is 73.7 Å². The lowest BCUT2D eigenvalue weighted by molar-refractivity contribution is -0.149. The van der Waals surface area contributed by atoms with Crippen LogP contribution in [0.1, 0.15) is 52.5 Å². The van der Waals surface area contributed by atoms with Crippen molar-refractivity contribution in [3.05, 3.63) is 101 Å². The highest BCUT2D eigenvalue weighted by Gasteiger charge is 2.26. The molecule has 0 aliphatic rings. The molecule has 148 valence electrons. The minimum atomic E-state index is -0.624. The van der Waals surface area contributed by atoms with Crippen LogP contribution in [0.4, 0.5) is 0 Å². The lowest BCUT2D eigenvalue weighted by atomic mass is 9.96. The van der Waals surface area contributed by atoms with Crippen LogP contribution < -0.4 is 0 Å². The number of pyridine rings is 1. The molecule has 0 aliphatic heterocycles. The van der Waals surface area contributed by atoms with Crippen LogP contribution in [0.2, 0.25) is 0 Å².